The van der Waals surface area contributed by atoms with Crippen LogP contribution in [0.1, 0.15) is 34.1 Å². The Labute approximate surface area is 232 Å². The molecule has 0 radical (unpaired) electrons. The minimum atomic E-state index is -0.340. The van der Waals surface area contributed by atoms with Crippen molar-refractivity contribution in [3.63, 3.8) is 0 Å². The van der Waals surface area contributed by atoms with Crippen molar-refractivity contribution in [2.75, 3.05) is 21.3 Å². The van der Waals surface area contributed by atoms with Crippen LogP contribution < -0.4 is 21.3 Å². The molecule has 40 heavy (non-hydrogen) atoms. The molecule has 4 aromatic rings. The molecule has 0 atom stereocenters. The summed E-state index contributed by atoms with van der Waals surface area (Å²) in [7, 11) is 0. The number of hydrogen-bond donors (Lipinski definition) is 4. The first-order valence-corrected chi connectivity index (χ1v) is 12.6. The van der Waals surface area contributed by atoms with Gasteiger partial charge >= 0.3 is 0 Å². The molecule has 0 heterocycles. The van der Waals surface area contributed by atoms with E-state index in [1.54, 1.807) is 110 Å². The Hall–Kier alpha value is -5.50. The van der Waals surface area contributed by atoms with E-state index in [0.29, 0.717) is 39.4 Å². The molecule has 8 heteroatoms. The molecule has 0 fully saturated rings. The molecule has 4 rings (SSSR count). The van der Waals surface area contributed by atoms with Crippen LogP contribution in [0.4, 0.5) is 22.7 Å². The van der Waals surface area contributed by atoms with Crippen molar-refractivity contribution in [3.8, 4) is 0 Å². The van der Waals surface area contributed by atoms with Crippen LogP contribution >= 0.6 is 0 Å². The smallest absolute Gasteiger partial charge is 0.255 e. The molecule has 0 saturated carbocycles. The molecular formula is C32H28N4O4. The molecule has 200 valence electrons. The highest BCUT2D eigenvalue weighted by molar-refractivity contribution is 6.06. The van der Waals surface area contributed by atoms with Gasteiger partial charge in [0, 0.05) is 45.9 Å². The largest absolute Gasteiger partial charge is 0.326 e. The quantitative estimate of drug-likeness (QED) is 0.195. The van der Waals surface area contributed by atoms with E-state index in [4.69, 9.17) is 0 Å². The molecule has 0 unspecified atom stereocenters. The van der Waals surface area contributed by atoms with Crippen molar-refractivity contribution in [2.45, 2.75) is 13.3 Å². The normalized spacial score (nSPS) is 10.8. The lowest BCUT2D eigenvalue weighted by Crippen LogP contribution is -2.15. The lowest BCUT2D eigenvalue weighted by molar-refractivity contribution is -0.115. The highest BCUT2D eigenvalue weighted by Gasteiger charge is 2.09. The molecule has 8 nitrogen and oxygen atoms in total. The van der Waals surface area contributed by atoms with Crippen LogP contribution in [0.2, 0.25) is 0 Å². The number of hydrogen-bond acceptors (Lipinski definition) is 4. The highest BCUT2D eigenvalue weighted by atomic mass is 16.2. The van der Waals surface area contributed by atoms with Crippen molar-refractivity contribution in [3.05, 3.63) is 132 Å². The van der Waals surface area contributed by atoms with E-state index in [1.807, 2.05) is 12.1 Å². The highest BCUT2D eigenvalue weighted by Crippen LogP contribution is 2.17. The van der Waals surface area contributed by atoms with E-state index in [9.17, 15) is 19.2 Å². The van der Waals surface area contributed by atoms with Crippen LogP contribution in [0.5, 0.6) is 0 Å². The third-order valence-corrected chi connectivity index (χ3v) is 5.85. The standard InChI is InChI=1S/C32H28N4O4/c1-22(30(38)34-26-17-19-28(20-18-26)36-32(40)24-10-6-3-7-11-24)12-21-29(37)33-25-13-15-27(16-14-25)35-31(39)23-8-4-2-5-9-23/h2-20H,21H2,1H3,(H,33,37)(H,34,38)(H,35,39)(H,36,40)/b22-12+. The minimum absolute atomic E-state index is 0.0101. The third-order valence-electron chi connectivity index (χ3n) is 5.85. The molecule has 0 aromatic heterocycles. The molecule has 4 amide bonds. The second kappa shape index (κ2) is 13.3. The van der Waals surface area contributed by atoms with Crippen LogP contribution in [0.25, 0.3) is 0 Å². The number of amides is 4. The van der Waals surface area contributed by atoms with Gasteiger partial charge in [-0.2, -0.15) is 0 Å². The number of rotatable bonds is 9. The average Bonchev–Trinajstić information content (AvgIpc) is 2.98. The lowest BCUT2D eigenvalue weighted by atomic mass is 10.2. The van der Waals surface area contributed by atoms with Gasteiger partial charge in [-0.3, -0.25) is 19.2 Å². The molecule has 4 aromatic carbocycles. The first-order chi connectivity index (χ1) is 19.4. The lowest BCUT2D eigenvalue weighted by Gasteiger charge is -2.09. The number of carbonyl (C=O) groups is 4. The van der Waals surface area contributed by atoms with Gasteiger partial charge in [-0.05, 0) is 79.7 Å². The topological polar surface area (TPSA) is 116 Å². The predicted molar refractivity (Wildman–Crippen MR) is 157 cm³/mol. The maximum Gasteiger partial charge on any atom is 0.255 e. The van der Waals surface area contributed by atoms with Gasteiger partial charge in [0.2, 0.25) is 5.91 Å². The third kappa shape index (κ3) is 8.00. The fourth-order valence-electron chi connectivity index (χ4n) is 3.64. The maximum atomic E-state index is 12.5. The SMILES string of the molecule is C/C(=C\CC(=O)Nc1ccc(NC(=O)c2ccccc2)cc1)C(=O)Nc1ccc(NC(=O)c2ccccc2)cc1. The van der Waals surface area contributed by atoms with Gasteiger partial charge in [0.25, 0.3) is 17.7 Å². The van der Waals surface area contributed by atoms with Crippen LogP contribution in [0.3, 0.4) is 0 Å². The zero-order chi connectivity index (χ0) is 28.3. The first kappa shape index (κ1) is 27.5. The van der Waals surface area contributed by atoms with Gasteiger partial charge in [-0.25, -0.2) is 0 Å². The Kier molecular flexibility index (Phi) is 9.18. The van der Waals surface area contributed by atoms with Crippen LogP contribution in [-0.4, -0.2) is 23.6 Å². The summed E-state index contributed by atoms with van der Waals surface area (Å²) < 4.78 is 0. The van der Waals surface area contributed by atoms with Crippen molar-refractivity contribution in [2.24, 2.45) is 0 Å². The van der Waals surface area contributed by atoms with E-state index in [-0.39, 0.29) is 30.0 Å². The molecule has 0 spiro atoms. The summed E-state index contributed by atoms with van der Waals surface area (Å²) in [5.41, 5.74) is 3.81. The summed E-state index contributed by atoms with van der Waals surface area (Å²) >= 11 is 0. The van der Waals surface area contributed by atoms with Crippen molar-refractivity contribution in [1.82, 2.24) is 0 Å². The Morgan fingerprint density at radius 1 is 0.525 bits per heavy atom. The average molecular weight is 533 g/mol. The van der Waals surface area contributed by atoms with Gasteiger partial charge in [-0.1, -0.05) is 42.5 Å². The molecule has 0 aliphatic heterocycles. The van der Waals surface area contributed by atoms with E-state index in [0.717, 1.165) is 0 Å². The molecule has 4 N–H and O–H groups in total. The van der Waals surface area contributed by atoms with Gasteiger partial charge in [0.05, 0.1) is 0 Å². The van der Waals surface area contributed by atoms with Crippen molar-refractivity contribution >= 4 is 46.4 Å². The zero-order valence-corrected chi connectivity index (χ0v) is 21.8. The summed E-state index contributed by atoms with van der Waals surface area (Å²) in [6, 6.07) is 31.3. The van der Waals surface area contributed by atoms with Crippen molar-refractivity contribution in [1.29, 1.82) is 0 Å². The maximum absolute atomic E-state index is 12.5. The molecule has 0 aliphatic rings. The summed E-state index contributed by atoms with van der Waals surface area (Å²) in [5.74, 6) is -1.07. The van der Waals surface area contributed by atoms with E-state index in [2.05, 4.69) is 21.3 Å². The van der Waals surface area contributed by atoms with Gasteiger partial charge < -0.3 is 21.3 Å². The van der Waals surface area contributed by atoms with Crippen LogP contribution in [0.15, 0.2) is 121 Å². The van der Waals surface area contributed by atoms with Gasteiger partial charge in [0.1, 0.15) is 0 Å². The first-order valence-electron chi connectivity index (χ1n) is 12.6. The fourth-order valence-corrected chi connectivity index (χ4v) is 3.64. The second-order valence-electron chi connectivity index (χ2n) is 8.89. The molecule has 0 bridgehead atoms. The summed E-state index contributed by atoms with van der Waals surface area (Å²) in [5, 5.41) is 11.2. The van der Waals surface area contributed by atoms with Gasteiger partial charge in [-0.15, -0.1) is 0 Å². The second-order valence-corrected chi connectivity index (χ2v) is 8.89. The summed E-state index contributed by atoms with van der Waals surface area (Å²) in [6.07, 6.45) is 1.56. The number of benzene rings is 4. The van der Waals surface area contributed by atoms with Gasteiger partial charge in [0.15, 0.2) is 0 Å². The Morgan fingerprint density at radius 3 is 1.32 bits per heavy atom. The minimum Gasteiger partial charge on any atom is -0.326 e. The Morgan fingerprint density at radius 2 is 0.900 bits per heavy atom. The molecule has 0 aliphatic carbocycles. The number of anilines is 4. The zero-order valence-electron chi connectivity index (χ0n) is 21.8. The summed E-state index contributed by atoms with van der Waals surface area (Å²) in [4.78, 5) is 49.5. The van der Waals surface area contributed by atoms with E-state index < -0.39 is 0 Å². The molecular weight excluding hydrogens is 504 g/mol. The van der Waals surface area contributed by atoms with Crippen molar-refractivity contribution < 1.29 is 19.2 Å². The Bertz CT molecular complexity index is 1520. The Balaban J connectivity index is 1.23. The monoisotopic (exact) mass is 532 g/mol. The van der Waals surface area contributed by atoms with Crippen LogP contribution in [0, 0.1) is 0 Å². The summed E-state index contributed by atoms with van der Waals surface area (Å²) in [6.45, 7) is 1.63. The number of carbonyl (C=O) groups excluding carboxylic acids is 4. The van der Waals surface area contributed by atoms with Crippen LogP contribution in [-0.2, 0) is 9.59 Å². The van der Waals surface area contributed by atoms with E-state index >= 15 is 0 Å². The molecule has 0 saturated heterocycles. The predicted octanol–water partition coefficient (Wildman–Crippen LogP) is 6.10. The van der Waals surface area contributed by atoms with E-state index in [1.165, 1.54) is 0 Å². The fraction of sp³-hybridized carbons (Fsp3) is 0.0625. The number of nitrogens with one attached hydrogen (secondary N) is 4.